The van der Waals surface area contributed by atoms with Gasteiger partial charge in [0.15, 0.2) is 0 Å². The van der Waals surface area contributed by atoms with Gasteiger partial charge in [0.25, 0.3) is 0 Å². The zero-order valence-corrected chi connectivity index (χ0v) is 11.1. The van der Waals surface area contributed by atoms with Gasteiger partial charge in [-0.1, -0.05) is 0 Å². The van der Waals surface area contributed by atoms with Crippen molar-refractivity contribution in [1.82, 2.24) is 14.5 Å². The number of nitrogens with two attached hydrogens (primary N) is 1. The molecule has 1 amide bonds. The molecule has 0 aliphatic heterocycles. The minimum atomic E-state index is -0.167. The number of hydrogen-bond acceptors (Lipinski definition) is 3. The molecular weight excluding hydrogens is 216 g/mol. The van der Waals surface area contributed by atoms with E-state index in [4.69, 9.17) is 5.73 Å². The van der Waals surface area contributed by atoms with Gasteiger partial charge < -0.3 is 15.2 Å². The maximum atomic E-state index is 11.9. The van der Waals surface area contributed by atoms with Gasteiger partial charge in [0, 0.05) is 45.0 Å². The van der Waals surface area contributed by atoms with Crippen molar-refractivity contribution in [2.75, 3.05) is 20.6 Å². The summed E-state index contributed by atoms with van der Waals surface area (Å²) in [6.07, 6.45) is 4.25. The van der Waals surface area contributed by atoms with Gasteiger partial charge in [-0.15, -0.1) is 0 Å². The SMILES string of the molecule is CC(C)n1cncc1CC(CN)C(=O)N(C)C. The smallest absolute Gasteiger partial charge is 0.226 e. The third-order valence-electron chi connectivity index (χ3n) is 2.83. The normalized spacial score (nSPS) is 12.8. The van der Waals surface area contributed by atoms with E-state index in [1.165, 1.54) is 0 Å². The number of aromatic nitrogens is 2. The summed E-state index contributed by atoms with van der Waals surface area (Å²) in [5.74, 6) is -0.0943. The molecule has 0 saturated carbocycles. The maximum absolute atomic E-state index is 11.9. The van der Waals surface area contributed by atoms with Gasteiger partial charge >= 0.3 is 0 Å². The second-order valence-electron chi connectivity index (χ2n) is 4.76. The van der Waals surface area contributed by atoms with E-state index in [2.05, 4.69) is 23.4 Å². The molecule has 0 radical (unpaired) electrons. The van der Waals surface area contributed by atoms with Crippen LogP contribution in [0.4, 0.5) is 0 Å². The summed E-state index contributed by atoms with van der Waals surface area (Å²) in [7, 11) is 3.51. The molecule has 0 bridgehead atoms. The van der Waals surface area contributed by atoms with Crippen molar-refractivity contribution in [3.05, 3.63) is 18.2 Å². The Hall–Kier alpha value is -1.36. The van der Waals surface area contributed by atoms with Gasteiger partial charge in [0.05, 0.1) is 12.2 Å². The van der Waals surface area contributed by atoms with Gasteiger partial charge in [-0.3, -0.25) is 4.79 Å². The molecule has 2 N–H and O–H groups in total. The number of carbonyl (C=O) groups excluding carboxylic acids is 1. The number of imidazole rings is 1. The second-order valence-corrected chi connectivity index (χ2v) is 4.76. The van der Waals surface area contributed by atoms with Crippen LogP contribution in [0.2, 0.25) is 0 Å². The van der Waals surface area contributed by atoms with E-state index in [0.29, 0.717) is 19.0 Å². The third-order valence-corrected chi connectivity index (χ3v) is 2.83. The molecule has 0 saturated heterocycles. The van der Waals surface area contributed by atoms with Gasteiger partial charge in [-0.2, -0.15) is 0 Å². The molecule has 1 heterocycles. The lowest BCUT2D eigenvalue weighted by atomic mass is 10.0. The van der Waals surface area contributed by atoms with Crippen molar-refractivity contribution in [3.63, 3.8) is 0 Å². The number of rotatable bonds is 5. The Morgan fingerprint density at radius 1 is 1.53 bits per heavy atom. The Bertz CT molecular complexity index is 370. The second kappa shape index (κ2) is 5.82. The van der Waals surface area contributed by atoms with Crippen LogP contribution in [0, 0.1) is 5.92 Å². The van der Waals surface area contributed by atoms with Crippen LogP contribution in [0.15, 0.2) is 12.5 Å². The Kier molecular flexibility index (Phi) is 4.69. The zero-order valence-electron chi connectivity index (χ0n) is 11.1. The maximum Gasteiger partial charge on any atom is 0.226 e. The topological polar surface area (TPSA) is 64.2 Å². The van der Waals surface area contributed by atoms with Crippen LogP contribution >= 0.6 is 0 Å². The Labute approximate surface area is 103 Å². The molecular formula is C12H22N4O. The summed E-state index contributed by atoms with van der Waals surface area (Å²) in [4.78, 5) is 17.6. The molecule has 1 aromatic rings. The van der Waals surface area contributed by atoms with E-state index >= 15 is 0 Å². The Morgan fingerprint density at radius 2 is 2.18 bits per heavy atom. The number of hydrogen-bond donors (Lipinski definition) is 1. The van der Waals surface area contributed by atoms with Crippen LogP contribution < -0.4 is 5.73 Å². The predicted octanol–water partition coefficient (Wildman–Crippen LogP) is 0.670. The molecule has 0 aromatic carbocycles. The monoisotopic (exact) mass is 238 g/mol. The van der Waals surface area contributed by atoms with E-state index in [1.807, 2.05) is 6.20 Å². The summed E-state index contributed by atoms with van der Waals surface area (Å²) in [6, 6.07) is 0.348. The van der Waals surface area contributed by atoms with Crippen molar-refractivity contribution in [2.24, 2.45) is 11.7 Å². The average Bonchev–Trinajstić information content (AvgIpc) is 2.72. The predicted molar refractivity (Wildman–Crippen MR) is 67.6 cm³/mol. The minimum Gasteiger partial charge on any atom is -0.349 e. The van der Waals surface area contributed by atoms with Crippen LogP contribution in [-0.2, 0) is 11.2 Å². The lowest BCUT2D eigenvalue weighted by molar-refractivity contribution is -0.132. The third kappa shape index (κ3) is 3.30. The van der Waals surface area contributed by atoms with Gasteiger partial charge in [-0.05, 0) is 13.8 Å². The highest BCUT2D eigenvalue weighted by Crippen LogP contribution is 2.14. The summed E-state index contributed by atoms with van der Waals surface area (Å²) in [6.45, 7) is 4.55. The fourth-order valence-corrected chi connectivity index (χ4v) is 1.84. The fraction of sp³-hybridized carbons (Fsp3) is 0.667. The molecule has 0 spiro atoms. The van der Waals surface area contributed by atoms with Crippen LogP contribution in [-0.4, -0.2) is 41.0 Å². The largest absolute Gasteiger partial charge is 0.349 e. The van der Waals surface area contributed by atoms with E-state index in [9.17, 15) is 4.79 Å². The van der Waals surface area contributed by atoms with Crippen molar-refractivity contribution in [1.29, 1.82) is 0 Å². The molecule has 1 rings (SSSR count). The quantitative estimate of drug-likeness (QED) is 0.820. The Morgan fingerprint density at radius 3 is 2.65 bits per heavy atom. The zero-order chi connectivity index (χ0) is 13.0. The van der Waals surface area contributed by atoms with Crippen molar-refractivity contribution < 1.29 is 4.79 Å². The number of amides is 1. The van der Waals surface area contributed by atoms with Crippen molar-refractivity contribution >= 4 is 5.91 Å². The minimum absolute atomic E-state index is 0.0732. The first-order valence-electron chi connectivity index (χ1n) is 5.89. The number of carbonyl (C=O) groups is 1. The molecule has 5 nitrogen and oxygen atoms in total. The molecule has 0 fully saturated rings. The van der Waals surface area contributed by atoms with Crippen molar-refractivity contribution in [2.45, 2.75) is 26.3 Å². The molecule has 0 aliphatic rings. The summed E-state index contributed by atoms with van der Waals surface area (Å²) in [5.41, 5.74) is 6.74. The summed E-state index contributed by atoms with van der Waals surface area (Å²) < 4.78 is 2.08. The molecule has 96 valence electrons. The van der Waals surface area contributed by atoms with Crippen LogP contribution in [0.3, 0.4) is 0 Å². The average molecular weight is 238 g/mol. The molecule has 1 aromatic heterocycles. The first-order chi connectivity index (χ1) is 7.97. The van der Waals surface area contributed by atoms with Crippen molar-refractivity contribution in [3.8, 4) is 0 Å². The van der Waals surface area contributed by atoms with E-state index in [-0.39, 0.29) is 11.8 Å². The number of nitrogens with zero attached hydrogens (tertiary/aromatic N) is 3. The highest BCUT2D eigenvalue weighted by atomic mass is 16.2. The lowest BCUT2D eigenvalue weighted by Gasteiger charge is -2.20. The van der Waals surface area contributed by atoms with E-state index < -0.39 is 0 Å². The Balaban J connectivity index is 2.81. The summed E-state index contributed by atoms with van der Waals surface area (Å²) in [5, 5.41) is 0. The van der Waals surface area contributed by atoms with E-state index in [1.54, 1.807) is 25.3 Å². The fourth-order valence-electron chi connectivity index (χ4n) is 1.84. The highest BCUT2D eigenvalue weighted by Gasteiger charge is 2.21. The van der Waals surface area contributed by atoms with Gasteiger partial charge in [0.1, 0.15) is 0 Å². The van der Waals surface area contributed by atoms with E-state index in [0.717, 1.165) is 5.69 Å². The molecule has 5 heteroatoms. The van der Waals surface area contributed by atoms with Gasteiger partial charge in [-0.25, -0.2) is 4.98 Å². The molecule has 0 aliphatic carbocycles. The molecule has 17 heavy (non-hydrogen) atoms. The lowest BCUT2D eigenvalue weighted by Crippen LogP contribution is -2.35. The summed E-state index contributed by atoms with van der Waals surface area (Å²) >= 11 is 0. The highest BCUT2D eigenvalue weighted by molar-refractivity contribution is 5.78. The first kappa shape index (κ1) is 13.7. The van der Waals surface area contributed by atoms with Gasteiger partial charge in [0.2, 0.25) is 5.91 Å². The van der Waals surface area contributed by atoms with Crippen LogP contribution in [0.1, 0.15) is 25.6 Å². The molecule has 1 atom stereocenters. The van der Waals surface area contributed by atoms with Crippen LogP contribution in [0.25, 0.3) is 0 Å². The first-order valence-corrected chi connectivity index (χ1v) is 5.89. The standard InChI is InChI=1S/C12H22N4O/c1-9(2)16-8-14-7-11(16)5-10(6-13)12(17)15(3)4/h7-10H,5-6,13H2,1-4H3. The van der Waals surface area contributed by atoms with Crippen LogP contribution in [0.5, 0.6) is 0 Å². The molecule has 1 unspecified atom stereocenters.